The number of hydrogen-bond acceptors (Lipinski definition) is 1. The van der Waals surface area contributed by atoms with Gasteiger partial charge < -0.3 is 5.32 Å². The zero-order chi connectivity index (χ0) is 11.0. The predicted octanol–water partition coefficient (Wildman–Crippen LogP) is 2.68. The van der Waals surface area contributed by atoms with Crippen LogP contribution < -0.4 is 5.32 Å². The molecule has 0 radical (unpaired) electrons. The molecule has 1 aliphatic carbocycles. The molecule has 1 saturated carbocycles. The minimum Gasteiger partial charge on any atom is -0.317 e. The second-order valence-electron chi connectivity index (χ2n) is 4.30. The highest BCUT2D eigenvalue weighted by Crippen LogP contribution is 2.42. The van der Waals surface area contributed by atoms with Crippen molar-refractivity contribution in [3.8, 4) is 0 Å². The molecule has 3 heteroatoms. The fraction of sp³-hybridized carbons (Fsp3) is 0.500. The van der Waals surface area contributed by atoms with Crippen LogP contribution in [0.15, 0.2) is 18.2 Å². The lowest BCUT2D eigenvalue weighted by Gasteiger charge is -2.43. The summed E-state index contributed by atoms with van der Waals surface area (Å²) in [5.74, 6) is -0.237. The van der Waals surface area contributed by atoms with Crippen LogP contribution in [-0.4, -0.2) is 13.1 Å². The van der Waals surface area contributed by atoms with E-state index in [1.54, 1.807) is 0 Å². The van der Waals surface area contributed by atoms with Gasteiger partial charge in [-0.1, -0.05) is 6.92 Å². The van der Waals surface area contributed by atoms with Crippen molar-refractivity contribution >= 4 is 0 Å². The zero-order valence-corrected chi connectivity index (χ0v) is 8.93. The molecule has 0 bridgehead atoms. The highest BCUT2D eigenvalue weighted by Gasteiger charge is 2.37. The van der Waals surface area contributed by atoms with Crippen LogP contribution in [0.2, 0.25) is 0 Å². The SMILES string of the molecule is CNC1CC(c2cc(F)cc(F)c2)C1C. The topological polar surface area (TPSA) is 12.0 Å². The fourth-order valence-corrected chi connectivity index (χ4v) is 2.40. The first-order valence-electron chi connectivity index (χ1n) is 5.25. The van der Waals surface area contributed by atoms with Gasteiger partial charge in [0.05, 0.1) is 0 Å². The van der Waals surface area contributed by atoms with Crippen molar-refractivity contribution in [3.05, 3.63) is 35.4 Å². The summed E-state index contributed by atoms with van der Waals surface area (Å²) >= 11 is 0. The van der Waals surface area contributed by atoms with Crippen LogP contribution in [0.5, 0.6) is 0 Å². The quantitative estimate of drug-likeness (QED) is 0.793. The van der Waals surface area contributed by atoms with Gasteiger partial charge in [-0.2, -0.15) is 0 Å². The Kier molecular flexibility index (Phi) is 2.74. The van der Waals surface area contributed by atoms with Gasteiger partial charge in [0.25, 0.3) is 0 Å². The molecule has 15 heavy (non-hydrogen) atoms. The normalized spacial score (nSPS) is 30.0. The molecule has 1 N–H and O–H groups in total. The molecule has 1 aromatic carbocycles. The van der Waals surface area contributed by atoms with E-state index in [9.17, 15) is 8.78 Å². The summed E-state index contributed by atoms with van der Waals surface area (Å²) < 4.78 is 26.0. The van der Waals surface area contributed by atoms with Crippen molar-refractivity contribution in [2.45, 2.75) is 25.3 Å². The molecule has 0 heterocycles. The summed E-state index contributed by atoms with van der Waals surface area (Å²) in [7, 11) is 1.92. The number of halogens is 2. The molecule has 0 saturated heterocycles. The molecule has 1 nitrogen and oxygen atoms in total. The van der Waals surface area contributed by atoms with Gasteiger partial charge in [0.15, 0.2) is 0 Å². The fourth-order valence-electron chi connectivity index (χ4n) is 2.40. The van der Waals surface area contributed by atoms with E-state index in [0.717, 1.165) is 18.1 Å². The van der Waals surface area contributed by atoms with E-state index >= 15 is 0 Å². The summed E-state index contributed by atoms with van der Waals surface area (Å²) in [5.41, 5.74) is 0.784. The second kappa shape index (κ2) is 3.89. The van der Waals surface area contributed by atoms with Gasteiger partial charge in [-0.3, -0.25) is 0 Å². The Labute approximate surface area is 88.5 Å². The molecule has 1 fully saturated rings. The van der Waals surface area contributed by atoms with Crippen molar-refractivity contribution in [2.24, 2.45) is 5.92 Å². The Morgan fingerprint density at radius 1 is 1.20 bits per heavy atom. The minimum absolute atomic E-state index is 0.285. The monoisotopic (exact) mass is 211 g/mol. The zero-order valence-electron chi connectivity index (χ0n) is 8.93. The molecule has 2 rings (SSSR count). The van der Waals surface area contributed by atoms with E-state index in [2.05, 4.69) is 12.2 Å². The molecule has 1 aliphatic rings. The third kappa shape index (κ3) is 1.88. The van der Waals surface area contributed by atoms with Gasteiger partial charge in [0.1, 0.15) is 11.6 Å². The summed E-state index contributed by atoms with van der Waals surface area (Å²) in [4.78, 5) is 0. The first kappa shape index (κ1) is 10.6. The summed E-state index contributed by atoms with van der Waals surface area (Å²) in [6.45, 7) is 2.11. The lowest BCUT2D eigenvalue weighted by atomic mass is 9.67. The average Bonchev–Trinajstić information content (AvgIpc) is 2.15. The molecular formula is C12H15F2N. The third-order valence-corrected chi connectivity index (χ3v) is 3.46. The summed E-state index contributed by atoms with van der Waals surface area (Å²) in [6.07, 6.45) is 0.959. The van der Waals surface area contributed by atoms with Gasteiger partial charge in [0.2, 0.25) is 0 Å². The van der Waals surface area contributed by atoms with Gasteiger partial charge in [0, 0.05) is 12.1 Å². The number of nitrogens with one attached hydrogen (secondary N) is 1. The van der Waals surface area contributed by atoms with Crippen LogP contribution in [0.4, 0.5) is 8.78 Å². The maximum absolute atomic E-state index is 13.0. The van der Waals surface area contributed by atoms with E-state index < -0.39 is 11.6 Å². The minimum atomic E-state index is -0.481. The summed E-state index contributed by atoms with van der Waals surface area (Å²) in [5, 5.41) is 3.19. The van der Waals surface area contributed by atoms with Gasteiger partial charge in [-0.15, -0.1) is 0 Å². The molecule has 0 aliphatic heterocycles. The Morgan fingerprint density at radius 2 is 1.80 bits per heavy atom. The number of hydrogen-bond donors (Lipinski definition) is 1. The van der Waals surface area contributed by atoms with E-state index in [-0.39, 0.29) is 5.92 Å². The molecule has 3 unspecified atom stereocenters. The Morgan fingerprint density at radius 3 is 2.27 bits per heavy atom. The van der Waals surface area contributed by atoms with Gasteiger partial charge in [-0.05, 0) is 43.0 Å². The summed E-state index contributed by atoms with van der Waals surface area (Å²) in [6, 6.07) is 4.27. The van der Waals surface area contributed by atoms with E-state index in [1.165, 1.54) is 12.1 Å². The van der Waals surface area contributed by atoms with Crippen molar-refractivity contribution in [3.63, 3.8) is 0 Å². The van der Waals surface area contributed by atoms with Crippen LogP contribution in [0.25, 0.3) is 0 Å². The first-order valence-corrected chi connectivity index (χ1v) is 5.25. The van der Waals surface area contributed by atoms with Crippen LogP contribution >= 0.6 is 0 Å². The van der Waals surface area contributed by atoms with Crippen LogP contribution in [0.1, 0.15) is 24.8 Å². The van der Waals surface area contributed by atoms with Crippen molar-refractivity contribution in [2.75, 3.05) is 7.05 Å². The molecule has 82 valence electrons. The second-order valence-corrected chi connectivity index (χ2v) is 4.30. The maximum atomic E-state index is 13.0. The van der Waals surface area contributed by atoms with Gasteiger partial charge >= 0.3 is 0 Å². The highest BCUT2D eigenvalue weighted by molar-refractivity contribution is 5.26. The molecule has 0 aromatic heterocycles. The van der Waals surface area contributed by atoms with Crippen LogP contribution in [0.3, 0.4) is 0 Å². The van der Waals surface area contributed by atoms with Crippen LogP contribution in [0, 0.1) is 17.6 Å². The number of benzene rings is 1. The Bertz CT molecular complexity index is 344. The molecular weight excluding hydrogens is 196 g/mol. The lowest BCUT2D eigenvalue weighted by Crippen LogP contribution is -2.46. The van der Waals surface area contributed by atoms with Crippen molar-refractivity contribution in [1.29, 1.82) is 0 Å². The molecule has 1 aromatic rings. The molecule has 0 spiro atoms. The predicted molar refractivity (Wildman–Crippen MR) is 55.7 cm³/mol. The van der Waals surface area contributed by atoms with E-state index in [4.69, 9.17) is 0 Å². The highest BCUT2D eigenvalue weighted by atomic mass is 19.1. The molecule has 3 atom stereocenters. The maximum Gasteiger partial charge on any atom is 0.126 e. The third-order valence-electron chi connectivity index (χ3n) is 3.46. The van der Waals surface area contributed by atoms with Gasteiger partial charge in [-0.25, -0.2) is 8.78 Å². The van der Waals surface area contributed by atoms with Crippen molar-refractivity contribution in [1.82, 2.24) is 5.32 Å². The van der Waals surface area contributed by atoms with E-state index in [1.807, 2.05) is 7.05 Å². The smallest absolute Gasteiger partial charge is 0.126 e. The standard InChI is InChI=1S/C12H15F2N/c1-7-11(6-12(7)15-2)8-3-9(13)5-10(14)4-8/h3-5,7,11-12,15H,6H2,1-2H3. The van der Waals surface area contributed by atoms with Crippen LogP contribution in [-0.2, 0) is 0 Å². The average molecular weight is 211 g/mol. The first-order chi connectivity index (χ1) is 7.11. The molecule has 0 amide bonds. The Balaban J connectivity index is 2.18. The Hall–Kier alpha value is -0.960. The number of rotatable bonds is 2. The lowest BCUT2D eigenvalue weighted by molar-refractivity contribution is 0.193. The van der Waals surface area contributed by atoms with Crippen molar-refractivity contribution < 1.29 is 8.78 Å². The largest absolute Gasteiger partial charge is 0.317 e. The van der Waals surface area contributed by atoms with E-state index in [0.29, 0.717) is 12.0 Å².